The lowest BCUT2D eigenvalue weighted by Gasteiger charge is -2.16. The maximum Gasteiger partial charge on any atom is 0.216 e. The maximum absolute atomic E-state index is 13.1. The van der Waals surface area contributed by atoms with Crippen LogP contribution >= 0.6 is 11.3 Å². The zero-order valence-corrected chi connectivity index (χ0v) is 13.4. The Bertz CT molecular complexity index is 734. The number of aromatic nitrogens is 1. The standard InChI is InChI=1S/C14H16FN3O2S2/c15-12-3-1-2-11(8-12)10-22(19,20)17-13-4-6-18(9-13)14-16-5-7-21-14/h1-3,5,7-8,13,17H,4,6,9-10H2/t13-/m0/s1. The summed E-state index contributed by atoms with van der Waals surface area (Å²) in [5.41, 5.74) is 0.447. The minimum Gasteiger partial charge on any atom is -0.346 e. The fraction of sp³-hybridized carbons (Fsp3) is 0.357. The molecule has 0 unspecified atom stereocenters. The third kappa shape index (κ3) is 3.82. The van der Waals surface area contributed by atoms with Crippen molar-refractivity contribution in [2.75, 3.05) is 18.0 Å². The van der Waals surface area contributed by atoms with E-state index in [0.29, 0.717) is 12.1 Å². The molecule has 2 heterocycles. The van der Waals surface area contributed by atoms with Gasteiger partial charge in [-0.05, 0) is 24.1 Å². The smallest absolute Gasteiger partial charge is 0.216 e. The quantitative estimate of drug-likeness (QED) is 0.903. The Kier molecular flexibility index (Phi) is 4.42. The molecule has 1 aromatic heterocycles. The maximum atomic E-state index is 13.1. The molecule has 1 aliphatic rings. The number of halogens is 1. The molecule has 1 aromatic carbocycles. The highest BCUT2D eigenvalue weighted by Gasteiger charge is 2.27. The average Bonchev–Trinajstić information content (AvgIpc) is 3.07. The molecule has 1 atom stereocenters. The Morgan fingerprint density at radius 1 is 1.45 bits per heavy atom. The number of hydrogen-bond donors (Lipinski definition) is 1. The van der Waals surface area contributed by atoms with E-state index in [4.69, 9.17) is 0 Å². The number of rotatable bonds is 5. The van der Waals surface area contributed by atoms with Gasteiger partial charge in [0, 0.05) is 30.7 Å². The van der Waals surface area contributed by atoms with E-state index in [9.17, 15) is 12.8 Å². The second-order valence-electron chi connectivity index (χ2n) is 5.25. The number of hydrogen-bond acceptors (Lipinski definition) is 5. The van der Waals surface area contributed by atoms with Crippen molar-refractivity contribution in [2.24, 2.45) is 0 Å². The van der Waals surface area contributed by atoms with Crippen molar-refractivity contribution in [3.63, 3.8) is 0 Å². The van der Waals surface area contributed by atoms with Crippen molar-refractivity contribution in [2.45, 2.75) is 18.2 Å². The highest BCUT2D eigenvalue weighted by atomic mass is 32.2. The summed E-state index contributed by atoms with van der Waals surface area (Å²) in [5.74, 6) is -0.637. The zero-order valence-electron chi connectivity index (χ0n) is 11.8. The Balaban J connectivity index is 1.60. The van der Waals surface area contributed by atoms with E-state index in [1.807, 2.05) is 5.38 Å². The Morgan fingerprint density at radius 2 is 2.32 bits per heavy atom. The minimum atomic E-state index is -3.49. The van der Waals surface area contributed by atoms with Gasteiger partial charge in [-0.15, -0.1) is 11.3 Å². The van der Waals surface area contributed by atoms with Crippen LogP contribution in [0.1, 0.15) is 12.0 Å². The summed E-state index contributed by atoms with van der Waals surface area (Å²) in [6.07, 6.45) is 2.48. The highest BCUT2D eigenvalue weighted by molar-refractivity contribution is 7.88. The van der Waals surface area contributed by atoms with E-state index in [1.54, 1.807) is 23.6 Å². The summed E-state index contributed by atoms with van der Waals surface area (Å²) >= 11 is 1.54. The van der Waals surface area contributed by atoms with Crippen molar-refractivity contribution in [1.29, 1.82) is 0 Å². The van der Waals surface area contributed by atoms with Gasteiger partial charge < -0.3 is 4.90 Å². The van der Waals surface area contributed by atoms with Gasteiger partial charge in [0.15, 0.2) is 5.13 Å². The molecule has 3 rings (SSSR count). The van der Waals surface area contributed by atoms with Gasteiger partial charge in [0.1, 0.15) is 5.82 Å². The van der Waals surface area contributed by atoms with Crippen LogP contribution < -0.4 is 9.62 Å². The second-order valence-corrected chi connectivity index (χ2v) is 7.88. The fourth-order valence-electron chi connectivity index (χ4n) is 2.54. The van der Waals surface area contributed by atoms with E-state index >= 15 is 0 Å². The highest BCUT2D eigenvalue weighted by Crippen LogP contribution is 2.22. The second kappa shape index (κ2) is 6.31. The van der Waals surface area contributed by atoms with Crippen molar-refractivity contribution in [1.82, 2.24) is 9.71 Å². The lowest BCUT2D eigenvalue weighted by Crippen LogP contribution is -2.37. The Labute approximate surface area is 132 Å². The number of nitrogens with zero attached hydrogens (tertiary/aromatic N) is 2. The van der Waals surface area contributed by atoms with Gasteiger partial charge in [-0.3, -0.25) is 0 Å². The molecule has 2 aromatic rings. The monoisotopic (exact) mass is 341 g/mol. The molecule has 8 heteroatoms. The van der Waals surface area contributed by atoms with Gasteiger partial charge in [0.25, 0.3) is 0 Å². The number of sulfonamides is 1. The number of thiazole rings is 1. The van der Waals surface area contributed by atoms with E-state index in [2.05, 4.69) is 14.6 Å². The normalized spacial score (nSPS) is 18.8. The summed E-state index contributed by atoms with van der Waals surface area (Å²) in [4.78, 5) is 6.30. The number of anilines is 1. The Hall–Kier alpha value is -1.51. The number of nitrogens with one attached hydrogen (secondary N) is 1. The van der Waals surface area contributed by atoms with Gasteiger partial charge in [0.2, 0.25) is 10.0 Å². The van der Waals surface area contributed by atoms with Crippen LogP contribution in [-0.4, -0.2) is 32.5 Å². The van der Waals surface area contributed by atoms with Crippen LogP contribution in [-0.2, 0) is 15.8 Å². The van der Waals surface area contributed by atoms with Crippen molar-refractivity contribution < 1.29 is 12.8 Å². The third-order valence-electron chi connectivity index (χ3n) is 3.47. The molecule has 1 N–H and O–H groups in total. The lowest BCUT2D eigenvalue weighted by atomic mass is 10.2. The molecule has 0 amide bonds. The lowest BCUT2D eigenvalue weighted by molar-refractivity contribution is 0.560. The van der Waals surface area contributed by atoms with E-state index in [1.165, 1.54) is 18.2 Å². The molecule has 1 aliphatic heterocycles. The largest absolute Gasteiger partial charge is 0.346 e. The van der Waals surface area contributed by atoms with Gasteiger partial charge in [-0.25, -0.2) is 22.5 Å². The van der Waals surface area contributed by atoms with Crippen LogP contribution in [0.15, 0.2) is 35.8 Å². The first kappa shape index (κ1) is 15.4. The van der Waals surface area contributed by atoms with E-state index in [-0.39, 0.29) is 11.8 Å². The molecule has 0 saturated carbocycles. The summed E-state index contributed by atoms with van der Waals surface area (Å²) < 4.78 is 40.2. The molecule has 1 fully saturated rings. The van der Waals surface area contributed by atoms with Gasteiger partial charge in [-0.1, -0.05) is 12.1 Å². The van der Waals surface area contributed by atoms with Crippen LogP contribution in [0.4, 0.5) is 9.52 Å². The van der Waals surface area contributed by atoms with Crippen molar-refractivity contribution >= 4 is 26.5 Å². The van der Waals surface area contributed by atoms with Gasteiger partial charge in [0.05, 0.1) is 5.75 Å². The summed E-state index contributed by atoms with van der Waals surface area (Å²) in [6.45, 7) is 1.39. The number of benzene rings is 1. The van der Waals surface area contributed by atoms with Crippen LogP contribution in [0.2, 0.25) is 0 Å². The molecule has 5 nitrogen and oxygen atoms in total. The molecular formula is C14H16FN3O2S2. The molecule has 0 radical (unpaired) electrons. The van der Waals surface area contributed by atoms with Crippen LogP contribution in [0.25, 0.3) is 0 Å². The third-order valence-corrected chi connectivity index (χ3v) is 5.71. The zero-order chi connectivity index (χ0) is 15.6. The summed E-state index contributed by atoms with van der Waals surface area (Å²) in [6, 6.07) is 5.53. The molecule has 22 heavy (non-hydrogen) atoms. The molecule has 0 spiro atoms. The predicted octanol–water partition coefficient (Wildman–Crippen LogP) is 1.98. The topological polar surface area (TPSA) is 62.3 Å². The molecular weight excluding hydrogens is 325 g/mol. The first-order valence-electron chi connectivity index (χ1n) is 6.91. The van der Waals surface area contributed by atoms with Gasteiger partial charge in [-0.2, -0.15) is 0 Å². The van der Waals surface area contributed by atoms with Crippen LogP contribution in [0, 0.1) is 5.82 Å². The SMILES string of the molecule is O=S(=O)(Cc1cccc(F)c1)N[C@H]1CCN(c2nccs2)C1. The fourth-order valence-corrected chi connectivity index (χ4v) is 4.63. The molecule has 0 bridgehead atoms. The summed E-state index contributed by atoms with van der Waals surface area (Å²) in [5, 5.41) is 2.81. The first-order chi connectivity index (χ1) is 10.5. The molecule has 118 valence electrons. The van der Waals surface area contributed by atoms with Crippen molar-refractivity contribution in [3.8, 4) is 0 Å². The molecule has 1 saturated heterocycles. The average molecular weight is 341 g/mol. The first-order valence-corrected chi connectivity index (χ1v) is 9.44. The predicted molar refractivity (Wildman–Crippen MR) is 84.9 cm³/mol. The van der Waals surface area contributed by atoms with Crippen LogP contribution in [0.5, 0.6) is 0 Å². The Morgan fingerprint density at radius 3 is 3.05 bits per heavy atom. The summed E-state index contributed by atoms with van der Waals surface area (Å²) in [7, 11) is -3.49. The van der Waals surface area contributed by atoms with E-state index in [0.717, 1.165) is 18.1 Å². The minimum absolute atomic E-state index is 0.137. The van der Waals surface area contributed by atoms with Crippen LogP contribution in [0.3, 0.4) is 0 Å². The van der Waals surface area contributed by atoms with E-state index < -0.39 is 15.8 Å². The van der Waals surface area contributed by atoms with Gasteiger partial charge >= 0.3 is 0 Å². The van der Waals surface area contributed by atoms with Crippen molar-refractivity contribution in [3.05, 3.63) is 47.2 Å². The molecule has 0 aliphatic carbocycles.